The molecular weight excluding hydrogens is 222 g/mol. The normalized spacial score (nSPS) is 12.1. The summed E-state index contributed by atoms with van der Waals surface area (Å²) in [4.78, 5) is 15.3. The first-order valence-corrected chi connectivity index (χ1v) is 5.40. The summed E-state index contributed by atoms with van der Waals surface area (Å²) >= 11 is 0. The van der Waals surface area contributed by atoms with Crippen LogP contribution >= 0.6 is 0 Å². The summed E-state index contributed by atoms with van der Waals surface area (Å²) in [5.74, 6) is -0.322. The molecule has 0 aliphatic rings. The van der Waals surface area contributed by atoms with Gasteiger partial charge in [0.05, 0.1) is 17.9 Å². The third-order valence-corrected chi connectivity index (χ3v) is 2.01. The zero-order valence-electron chi connectivity index (χ0n) is 9.68. The van der Waals surface area contributed by atoms with Gasteiger partial charge in [0.25, 0.3) is 5.91 Å². The second-order valence-electron chi connectivity index (χ2n) is 3.74. The molecule has 0 saturated heterocycles. The minimum atomic E-state index is -0.402. The number of aromatic nitrogens is 1. The topological polar surface area (TPSA) is 94.5 Å². The summed E-state index contributed by atoms with van der Waals surface area (Å²) in [7, 11) is 0. The molecule has 0 spiro atoms. The lowest BCUT2D eigenvalue weighted by Gasteiger charge is -2.08. The second kappa shape index (κ2) is 6.82. The Morgan fingerprint density at radius 1 is 1.47 bits per heavy atom. The second-order valence-corrected chi connectivity index (χ2v) is 3.74. The highest BCUT2D eigenvalue weighted by Gasteiger charge is 2.05. The molecule has 4 N–H and O–H groups in total. The number of nitrogens with one attached hydrogen (secondary N) is 2. The molecule has 1 unspecified atom stereocenters. The minimum absolute atomic E-state index is 0.0371. The quantitative estimate of drug-likeness (QED) is 0.501. The summed E-state index contributed by atoms with van der Waals surface area (Å²) in [6, 6.07) is 1.35. The van der Waals surface area contributed by atoms with Crippen LogP contribution in [0.15, 0.2) is 18.5 Å². The van der Waals surface area contributed by atoms with Crippen LogP contribution in [0, 0.1) is 0 Å². The monoisotopic (exact) mass is 239 g/mol. The van der Waals surface area contributed by atoms with E-state index in [1.54, 1.807) is 6.92 Å². The van der Waals surface area contributed by atoms with Crippen molar-refractivity contribution in [2.75, 3.05) is 19.6 Å². The molecular formula is C11H17N3O3. The number of rotatable bonds is 6. The number of aliphatic hydroxyl groups is 1. The average Bonchev–Trinajstić information content (AvgIpc) is 2.28. The van der Waals surface area contributed by atoms with Crippen LogP contribution in [0.4, 0.5) is 0 Å². The van der Waals surface area contributed by atoms with Crippen LogP contribution in [0.5, 0.6) is 5.75 Å². The SMILES string of the molecule is CC(O)CNCCNC(=O)c1cncc(O)c1. The average molecular weight is 239 g/mol. The van der Waals surface area contributed by atoms with Gasteiger partial charge in [0.1, 0.15) is 5.75 Å². The zero-order valence-corrected chi connectivity index (χ0v) is 9.68. The summed E-state index contributed by atoms with van der Waals surface area (Å²) in [5.41, 5.74) is 0.320. The van der Waals surface area contributed by atoms with E-state index in [0.29, 0.717) is 25.2 Å². The lowest BCUT2D eigenvalue weighted by Crippen LogP contribution is -2.34. The molecule has 0 aliphatic heterocycles. The largest absolute Gasteiger partial charge is 0.506 e. The maximum Gasteiger partial charge on any atom is 0.253 e. The van der Waals surface area contributed by atoms with Crippen LogP contribution in [0.2, 0.25) is 0 Å². The van der Waals surface area contributed by atoms with Crippen LogP contribution in [0.1, 0.15) is 17.3 Å². The Kier molecular flexibility index (Phi) is 5.38. The molecule has 6 nitrogen and oxygen atoms in total. The molecule has 0 aliphatic carbocycles. The lowest BCUT2D eigenvalue weighted by molar-refractivity contribution is 0.0953. The van der Waals surface area contributed by atoms with Gasteiger partial charge in [0, 0.05) is 25.8 Å². The maximum absolute atomic E-state index is 11.6. The molecule has 1 heterocycles. The molecule has 1 aromatic heterocycles. The molecule has 17 heavy (non-hydrogen) atoms. The minimum Gasteiger partial charge on any atom is -0.506 e. The fourth-order valence-corrected chi connectivity index (χ4v) is 1.23. The highest BCUT2D eigenvalue weighted by Crippen LogP contribution is 2.07. The molecule has 0 aromatic carbocycles. The Morgan fingerprint density at radius 3 is 2.88 bits per heavy atom. The van der Waals surface area contributed by atoms with E-state index in [0.717, 1.165) is 0 Å². The molecule has 94 valence electrons. The molecule has 1 rings (SSSR count). The Hall–Kier alpha value is -1.66. The molecule has 0 saturated carbocycles. The molecule has 1 aromatic rings. The number of aromatic hydroxyl groups is 1. The summed E-state index contributed by atoms with van der Waals surface area (Å²) in [6.07, 6.45) is 2.25. The first-order valence-electron chi connectivity index (χ1n) is 5.40. The van der Waals surface area contributed by atoms with Crippen molar-refractivity contribution in [1.82, 2.24) is 15.6 Å². The molecule has 0 radical (unpaired) electrons. The van der Waals surface area contributed by atoms with E-state index in [9.17, 15) is 4.79 Å². The number of carbonyl (C=O) groups is 1. The van der Waals surface area contributed by atoms with Crippen molar-refractivity contribution in [1.29, 1.82) is 0 Å². The van der Waals surface area contributed by atoms with Gasteiger partial charge in [-0.3, -0.25) is 9.78 Å². The third kappa shape index (κ3) is 5.28. The predicted octanol–water partition coefficient (Wildman–Crippen LogP) is -0.513. The molecule has 6 heteroatoms. The van der Waals surface area contributed by atoms with Crippen molar-refractivity contribution in [3.63, 3.8) is 0 Å². The van der Waals surface area contributed by atoms with Crippen molar-refractivity contribution in [3.05, 3.63) is 24.0 Å². The third-order valence-electron chi connectivity index (χ3n) is 2.01. The van der Waals surface area contributed by atoms with E-state index in [-0.39, 0.29) is 11.7 Å². The van der Waals surface area contributed by atoms with Gasteiger partial charge in [-0.2, -0.15) is 0 Å². The Labute approximate surface area is 99.7 Å². The van der Waals surface area contributed by atoms with Crippen LogP contribution in [-0.2, 0) is 0 Å². The van der Waals surface area contributed by atoms with Crippen LogP contribution in [-0.4, -0.2) is 46.8 Å². The lowest BCUT2D eigenvalue weighted by atomic mass is 10.2. The van der Waals surface area contributed by atoms with Crippen molar-refractivity contribution in [2.45, 2.75) is 13.0 Å². The van der Waals surface area contributed by atoms with Crippen LogP contribution < -0.4 is 10.6 Å². The van der Waals surface area contributed by atoms with Crippen LogP contribution in [0.3, 0.4) is 0 Å². The van der Waals surface area contributed by atoms with E-state index in [1.807, 2.05) is 0 Å². The van der Waals surface area contributed by atoms with Gasteiger partial charge in [-0.05, 0) is 13.0 Å². The number of nitrogens with zero attached hydrogens (tertiary/aromatic N) is 1. The maximum atomic E-state index is 11.6. The van der Waals surface area contributed by atoms with Gasteiger partial charge in [0.15, 0.2) is 0 Å². The number of pyridine rings is 1. The van der Waals surface area contributed by atoms with Crippen molar-refractivity contribution in [3.8, 4) is 5.75 Å². The van der Waals surface area contributed by atoms with Crippen LogP contribution in [0.25, 0.3) is 0 Å². The van der Waals surface area contributed by atoms with E-state index < -0.39 is 6.10 Å². The summed E-state index contributed by atoms with van der Waals surface area (Å²) in [6.45, 7) is 3.19. The van der Waals surface area contributed by atoms with Crippen molar-refractivity contribution >= 4 is 5.91 Å². The number of hydrogen-bond acceptors (Lipinski definition) is 5. The molecule has 0 bridgehead atoms. The molecule has 0 fully saturated rings. The summed E-state index contributed by atoms with van der Waals surface area (Å²) in [5, 5.41) is 23.8. The summed E-state index contributed by atoms with van der Waals surface area (Å²) < 4.78 is 0. The van der Waals surface area contributed by atoms with Crippen molar-refractivity contribution < 1.29 is 15.0 Å². The molecule has 1 atom stereocenters. The van der Waals surface area contributed by atoms with Crippen molar-refractivity contribution in [2.24, 2.45) is 0 Å². The van der Waals surface area contributed by atoms with Gasteiger partial charge in [-0.15, -0.1) is 0 Å². The van der Waals surface area contributed by atoms with Gasteiger partial charge >= 0.3 is 0 Å². The first kappa shape index (κ1) is 13.4. The van der Waals surface area contributed by atoms with Gasteiger partial charge in [0.2, 0.25) is 0 Å². The zero-order chi connectivity index (χ0) is 12.7. The fourth-order valence-electron chi connectivity index (χ4n) is 1.23. The Morgan fingerprint density at radius 2 is 2.24 bits per heavy atom. The highest BCUT2D eigenvalue weighted by molar-refractivity contribution is 5.94. The number of hydrogen-bond donors (Lipinski definition) is 4. The fraction of sp³-hybridized carbons (Fsp3) is 0.455. The Bertz CT molecular complexity index is 369. The number of aliphatic hydroxyl groups excluding tert-OH is 1. The van der Waals surface area contributed by atoms with E-state index in [1.165, 1.54) is 18.5 Å². The van der Waals surface area contributed by atoms with E-state index in [4.69, 9.17) is 10.2 Å². The highest BCUT2D eigenvalue weighted by atomic mass is 16.3. The smallest absolute Gasteiger partial charge is 0.253 e. The predicted molar refractivity (Wildman–Crippen MR) is 62.8 cm³/mol. The van der Waals surface area contributed by atoms with Gasteiger partial charge < -0.3 is 20.8 Å². The van der Waals surface area contributed by atoms with E-state index in [2.05, 4.69) is 15.6 Å². The standard InChI is InChI=1S/C11H17N3O3/c1-8(15)5-12-2-3-14-11(17)9-4-10(16)7-13-6-9/h4,6-8,12,15-16H,2-3,5H2,1H3,(H,14,17). The number of carbonyl (C=O) groups excluding carboxylic acids is 1. The molecule has 1 amide bonds. The van der Waals surface area contributed by atoms with Gasteiger partial charge in [-0.1, -0.05) is 0 Å². The van der Waals surface area contributed by atoms with Gasteiger partial charge in [-0.25, -0.2) is 0 Å². The first-order chi connectivity index (χ1) is 8.09. The number of amides is 1. The van der Waals surface area contributed by atoms with E-state index >= 15 is 0 Å². The Balaban J connectivity index is 2.26.